The molecule has 0 radical (unpaired) electrons. The van der Waals surface area contributed by atoms with Gasteiger partial charge >= 0.3 is 0 Å². The van der Waals surface area contributed by atoms with Crippen molar-refractivity contribution in [1.29, 1.82) is 0 Å². The first-order chi connectivity index (χ1) is 8.00. The third-order valence-electron chi connectivity index (χ3n) is 4.20. The van der Waals surface area contributed by atoms with E-state index in [0.29, 0.717) is 18.9 Å². The largest absolute Gasteiger partial charge is 0.377 e. The zero-order chi connectivity index (χ0) is 12.5. The Morgan fingerprint density at radius 2 is 1.94 bits per heavy atom. The van der Waals surface area contributed by atoms with E-state index < -0.39 is 9.84 Å². The van der Waals surface area contributed by atoms with Gasteiger partial charge in [-0.15, -0.1) is 0 Å². The molecule has 0 aromatic rings. The fourth-order valence-electron chi connectivity index (χ4n) is 3.10. The standard InChI is InChI=1S/C12H23NO3S/c1-9-12(6-7-16-9)17(14,15)8-11(13)10-4-2-3-5-10/h9-12H,2-8,13H2,1H3. The zero-order valence-electron chi connectivity index (χ0n) is 10.5. The molecule has 5 heteroatoms. The monoisotopic (exact) mass is 261 g/mol. The molecule has 3 unspecified atom stereocenters. The average molecular weight is 261 g/mol. The highest BCUT2D eigenvalue weighted by Crippen LogP contribution is 2.29. The molecule has 0 aromatic heterocycles. The lowest BCUT2D eigenvalue weighted by atomic mass is 10.0. The van der Waals surface area contributed by atoms with Crippen molar-refractivity contribution in [2.24, 2.45) is 11.7 Å². The third-order valence-corrected chi connectivity index (χ3v) is 6.59. The van der Waals surface area contributed by atoms with E-state index in [0.717, 1.165) is 12.8 Å². The van der Waals surface area contributed by atoms with Gasteiger partial charge in [0.15, 0.2) is 9.84 Å². The van der Waals surface area contributed by atoms with Crippen LogP contribution in [0.2, 0.25) is 0 Å². The van der Waals surface area contributed by atoms with Crippen molar-refractivity contribution in [3.63, 3.8) is 0 Å². The minimum Gasteiger partial charge on any atom is -0.377 e. The van der Waals surface area contributed by atoms with Crippen molar-refractivity contribution in [3.8, 4) is 0 Å². The van der Waals surface area contributed by atoms with E-state index in [-0.39, 0.29) is 23.1 Å². The normalized spacial score (nSPS) is 33.1. The van der Waals surface area contributed by atoms with E-state index in [2.05, 4.69) is 0 Å². The van der Waals surface area contributed by atoms with Gasteiger partial charge < -0.3 is 10.5 Å². The summed E-state index contributed by atoms with van der Waals surface area (Å²) in [5.74, 6) is 0.540. The number of ether oxygens (including phenoxy) is 1. The Bertz CT molecular complexity index is 349. The van der Waals surface area contributed by atoms with E-state index in [1.807, 2.05) is 6.92 Å². The van der Waals surface area contributed by atoms with Gasteiger partial charge in [0.25, 0.3) is 0 Å². The van der Waals surface area contributed by atoms with E-state index in [4.69, 9.17) is 10.5 Å². The van der Waals surface area contributed by atoms with Crippen LogP contribution in [-0.4, -0.2) is 38.2 Å². The summed E-state index contributed by atoms with van der Waals surface area (Å²) < 4.78 is 29.8. The highest BCUT2D eigenvalue weighted by Gasteiger charge is 2.37. The minimum absolute atomic E-state index is 0.135. The van der Waals surface area contributed by atoms with Crippen LogP contribution < -0.4 is 5.73 Å². The van der Waals surface area contributed by atoms with Crippen LogP contribution in [0.1, 0.15) is 39.0 Å². The van der Waals surface area contributed by atoms with Crippen LogP contribution in [0.15, 0.2) is 0 Å². The molecule has 1 saturated heterocycles. The van der Waals surface area contributed by atoms with E-state index in [1.165, 1.54) is 12.8 Å². The summed E-state index contributed by atoms with van der Waals surface area (Å²) in [7, 11) is -3.10. The maximum absolute atomic E-state index is 12.3. The van der Waals surface area contributed by atoms with Gasteiger partial charge in [0.1, 0.15) is 0 Å². The Balaban J connectivity index is 1.96. The number of nitrogens with two attached hydrogens (primary N) is 1. The van der Waals surface area contributed by atoms with Crippen LogP contribution in [0, 0.1) is 5.92 Å². The van der Waals surface area contributed by atoms with Crippen LogP contribution in [0.4, 0.5) is 0 Å². The second-order valence-electron chi connectivity index (χ2n) is 5.44. The first kappa shape index (κ1) is 13.3. The van der Waals surface area contributed by atoms with Gasteiger partial charge in [-0.05, 0) is 32.1 Å². The van der Waals surface area contributed by atoms with Crippen molar-refractivity contribution >= 4 is 9.84 Å². The van der Waals surface area contributed by atoms with Crippen LogP contribution >= 0.6 is 0 Å². The lowest BCUT2D eigenvalue weighted by Gasteiger charge is -2.22. The van der Waals surface area contributed by atoms with Gasteiger partial charge in [0.05, 0.1) is 17.1 Å². The van der Waals surface area contributed by atoms with Gasteiger partial charge in [-0.1, -0.05) is 12.8 Å². The predicted molar refractivity (Wildman–Crippen MR) is 67.5 cm³/mol. The van der Waals surface area contributed by atoms with Crippen LogP contribution in [-0.2, 0) is 14.6 Å². The molecule has 3 atom stereocenters. The van der Waals surface area contributed by atoms with Crippen LogP contribution in [0.3, 0.4) is 0 Å². The third kappa shape index (κ3) is 3.01. The molecular formula is C12H23NO3S. The Hall–Kier alpha value is -0.130. The maximum atomic E-state index is 12.3. The van der Waals surface area contributed by atoms with Gasteiger partial charge in [0, 0.05) is 12.6 Å². The first-order valence-corrected chi connectivity index (χ1v) is 8.31. The molecule has 2 N–H and O–H groups in total. The Morgan fingerprint density at radius 1 is 1.29 bits per heavy atom. The average Bonchev–Trinajstić information content (AvgIpc) is 2.85. The fourth-order valence-corrected chi connectivity index (χ4v) is 5.27. The highest BCUT2D eigenvalue weighted by atomic mass is 32.2. The minimum atomic E-state index is -3.10. The first-order valence-electron chi connectivity index (χ1n) is 6.59. The molecule has 4 nitrogen and oxygen atoms in total. The molecule has 0 aromatic carbocycles. The second-order valence-corrected chi connectivity index (χ2v) is 7.71. The van der Waals surface area contributed by atoms with Crippen molar-refractivity contribution in [1.82, 2.24) is 0 Å². The van der Waals surface area contributed by atoms with E-state index >= 15 is 0 Å². The Kier molecular flexibility index (Phi) is 4.10. The topological polar surface area (TPSA) is 69.4 Å². The van der Waals surface area contributed by atoms with E-state index in [1.54, 1.807) is 0 Å². The van der Waals surface area contributed by atoms with Crippen molar-refractivity contribution < 1.29 is 13.2 Å². The number of hydrogen-bond donors (Lipinski definition) is 1. The SMILES string of the molecule is CC1OCCC1S(=O)(=O)CC(N)C1CCCC1. The van der Waals surface area contributed by atoms with Crippen LogP contribution in [0.25, 0.3) is 0 Å². The molecule has 0 bridgehead atoms. The molecule has 2 fully saturated rings. The lowest BCUT2D eigenvalue weighted by molar-refractivity contribution is 0.126. The van der Waals surface area contributed by atoms with Crippen molar-refractivity contribution in [3.05, 3.63) is 0 Å². The zero-order valence-corrected chi connectivity index (χ0v) is 11.3. The molecule has 2 aliphatic rings. The van der Waals surface area contributed by atoms with Gasteiger partial charge in [-0.3, -0.25) is 0 Å². The molecule has 2 rings (SSSR count). The summed E-state index contributed by atoms with van der Waals surface area (Å²) in [6.07, 6.45) is 5.03. The van der Waals surface area contributed by atoms with Crippen molar-refractivity contribution in [2.75, 3.05) is 12.4 Å². The van der Waals surface area contributed by atoms with Crippen LogP contribution in [0.5, 0.6) is 0 Å². The molecule has 100 valence electrons. The van der Waals surface area contributed by atoms with E-state index in [9.17, 15) is 8.42 Å². The number of rotatable bonds is 4. The highest BCUT2D eigenvalue weighted by molar-refractivity contribution is 7.92. The van der Waals surface area contributed by atoms with Gasteiger partial charge in [-0.2, -0.15) is 0 Å². The van der Waals surface area contributed by atoms with Gasteiger partial charge in [0.2, 0.25) is 0 Å². The quantitative estimate of drug-likeness (QED) is 0.822. The molecule has 1 aliphatic heterocycles. The smallest absolute Gasteiger partial charge is 0.157 e. The fraction of sp³-hybridized carbons (Fsp3) is 1.00. The molecule has 0 spiro atoms. The maximum Gasteiger partial charge on any atom is 0.157 e. The molecule has 0 amide bonds. The summed E-state index contributed by atoms with van der Waals surface area (Å²) in [5, 5.41) is -0.338. The molecule has 17 heavy (non-hydrogen) atoms. The van der Waals surface area contributed by atoms with Crippen molar-refractivity contribution in [2.45, 2.75) is 56.4 Å². The summed E-state index contributed by atoms with van der Waals surface area (Å²) in [6.45, 7) is 2.40. The second kappa shape index (κ2) is 5.24. The number of hydrogen-bond acceptors (Lipinski definition) is 4. The lowest BCUT2D eigenvalue weighted by Crippen LogP contribution is -2.41. The summed E-state index contributed by atoms with van der Waals surface area (Å²) in [5.41, 5.74) is 6.06. The number of sulfone groups is 1. The Morgan fingerprint density at radius 3 is 2.47 bits per heavy atom. The molecular weight excluding hydrogens is 238 g/mol. The Labute approximate surface area is 104 Å². The van der Waals surface area contributed by atoms with Gasteiger partial charge in [-0.25, -0.2) is 8.42 Å². The summed E-state index contributed by atoms with van der Waals surface area (Å²) in [4.78, 5) is 0. The molecule has 1 heterocycles. The predicted octanol–water partition coefficient (Wildman–Crippen LogP) is 1.10. The summed E-state index contributed by atoms with van der Waals surface area (Å²) in [6, 6.07) is -0.185. The molecule has 1 aliphatic carbocycles. The summed E-state index contributed by atoms with van der Waals surface area (Å²) >= 11 is 0. The molecule has 1 saturated carbocycles.